The van der Waals surface area contributed by atoms with Gasteiger partial charge in [-0.3, -0.25) is 0 Å². The summed E-state index contributed by atoms with van der Waals surface area (Å²) in [6.45, 7) is 1.60. The van der Waals surface area contributed by atoms with Crippen molar-refractivity contribution in [2.24, 2.45) is 0 Å². The Labute approximate surface area is 126 Å². The lowest BCUT2D eigenvalue weighted by Gasteiger charge is -2.57. The molecule has 4 heteroatoms. The van der Waals surface area contributed by atoms with Gasteiger partial charge in [0.1, 0.15) is 5.75 Å². The molecule has 1 saturated heterocycles. The molecule has 0 spiro atoms. The average Bonchev–Trinajstić information content (AvgIpc) is 2.48. The predicted molar refractivity (Wildman–Crippen MR) is 81.6 cm³/mol. The van der Waals surface area contributed by atoms with E-state index >= 15 is 0 Å². The van der Waals surface area contributed by atoms with Gasteiger partial charge in [0.2, 0.25) is 0 Å². The van der Waals surface area contributed by atoms with Crippen molar-refractivity contribution in [2.75, 3.05) is 27.2 Å². The molecule has 1 unspecified atom stereocenters. The van der Waals surface area contributed by atoms with E-state index in [1.54, 1.807) is 7.11 Å². The van der Waals surface area contributed by atoms with Crippen LogP contribution in [0.1, 0.15) is 31.2 Å². The molecule has 1 aromatic carbocycles. The van der Waals surface area contributed by atoms with Crippen molar-refractivity contribution in [3.05, 3.63) is 29.8 Å². The average molecular weight is 291 g/mol. The number of aliphatic hydroxyl groups excluding tert-OH is 1. The van der Waals surface area contributed by atoms with Gasteiger partial charge in [-0.05, 0) is 57.0 Å². The first-order chi connectivity index (χ1) is 9.99. The van der Waals surface area contributed by atoms with Crippen molar-refractivity contribution in [1.29, 1.82) is 0 Å². The molecule has 2 N–H and O–H groups in total. The Hall–Kier alpha value is -1.10. The zero-order valence-corrected chi connectivity index (χ0v) is 12.9. The fraction of sp³-hybridized carbons (Fsp3) is 0.647. The van der Waals surface area contributed by atoms with Crippen molar-refractivity contribution >= 4 is 0 Å². The molecule has 0 aromatic heterocycles. The normalized spacial score (nSPS) is 37.0. The predicted octanol–water partition coefficient (Wildman–Crippen LogP) is 1.54. The fourth-order valence-corrected chi connectivity index (χ4v) is 4.26. The summed E-state index contributed by atoms with van der Waals surface area (Å²) in [5.74, 6) is 0.809. The summed E-state index contributed by atoms with van der Waals surface area (Å²) in [7, 11) is 3.71. The highest BCUT2D eigenvalue weighted by Gasteiger charge is 2.56. The highest BCUT2D eigenvalue weighted by molar-refractivity contribution is 5.38. The third-order valence-electron chi connectivity index (χ3n) is 5.44. The molecule has 1 aromatic rings. The van der Waals surface area contributed by atoms with Gasteiger partial charge in [0.05, 0.1) is 18.8 Å². The molecule has 0 amide bonds. The van der Waals surface area contributed by atoms with Crippen LogP contribution >= 0.6 is 0 Å². The molecule has 1 saturated carbocycles. The molecular formula is C17H25NO3. The lowest BCUT2D eigenvalue weighted by molar-refractivity contribution is -0.138. The molecule has 116 valence electrons. The molecule has 1 aliphatic heterocycles. The number of hydrogen-bond donors (Lipinski definition) is 2. The Kier molecular flexibility index (Phi) is 3.72. The summed E-state index contributed by atoms with van der Waals surface area (Å²) >= 11 is 0. The Morgan fingerprint density at radius 2 is 2.14 bits per heavy atom. The third kappa shape index (κ3) is 2.35. The smallest absolute Gasteiger partial charge is 0.119 e. The minimum atomic E-state index is -0.772. The van der Waals surface area contributed by atoms with E-state index in [0.29, 0.717) is 25.8 Å². The topological polar surface area (TPSA) is 52.9 Å². The molecule has 3 atom stereocenters. The number of β-amino-alcohol motifs (C(OH)–C–C–N with tert-alkyl or cyclic N) is 1. The molecule has 2 fully saturated rings. The van der Waals surface area contributed by atoms with E-state index in [9.17, 15) is 10.2 Å². The van der Waals surface area contributed by atoms with Crippen LogP contribution in [-0.2, 0) is 5.41 Å². The molecule has 3 rings (SSSR count). The number of likely N-dealkylation sites (N-methyl/N-ethyl adjacent to an activating group) is 1. The van der Waals surface area contributed by atoms with E-state index in [2.05, 4.69) is 18.0 Å². The van der Waals surface area contributed by atoms with Crippen molar-refractivity contribution in [3.63, 3.8) is 0 Å². The highest BCUT2D eigenvalue weighted by Crippen LogP contribution is 2.51. The highest BCUT2D eigenvalue weighted by atomic mass is 16.5. The number of fused-ring (bicyclic) bond motifs is 1. The minimum absolute atomic E-state index is 0.333. The van der Waals surface area contributed by atoms with Gasteiger partial charge in [0, 0.05) is 12.0 Å². The molecule has 21 heavy (non-hydrogen) atoms. The van der Waals surface area contributed by atoms with E-state index in [-0.39, 0.29) is 11.5 Å². The Morgan fingerprint density at radius 3 is 2.90 bits per heavy atom. The maximum absolute atomic E-state index is 11.4. The summed E-state index contributed by atoms with van der Waals surface area (Å²) in [6, 6.07) is 7.99. The molecule has 1 aliphatic carbocycles. The molecule has 4 nitrogen and oxygen atoms in total. The van der Waals surface area contributed by atoms with Crippen LogP contribution in [0.25, 0.3) is 0 Å². The van der Waals surface area contributed by atoms with Crippen molar-refractivity contribution in [1.82, 2.24) is 4.90 Å². The maximum atomic E-state index is 11.4. The van der Waals surface area contributed by atoms with Crippen LogP contribution in [0.3, 0.4) is 0 Å². The quantitative estimate of drug-likeness (QED) is 0.868. The van der Waals surface area contributed by atoms with E-state index in [0.717, 1.165) is 24.3 Å². The SMILES string of the molecule is COc1cccc([C@]23CCN(C)C[C@]2(O)CCC(O)C3)c1. The van der Waals surface area contributed by atoms with Crippen LogP contribution in [0.2, 0.25) is 0 Å². The molecule has 0 bridgehead atoms. The Balaban J connectivity index is 2.07. The third-order valence-corrected chi connectivity index (χ3v) is 5.44. The van der Waals surface area contributed by atoms with Gasteiger partial charge in [-0.1, -0.05) is 12.1 Å². The zero-order valence-electron chi connectivity index (χ0n) is 12.9. The zero-order chi connectivity index (χ0) is 15.1. The standard InChI is InChI=1S/C17H25NO3/c1-18-9-8-16(13-4-3-5-15(10-13)21-2)11-14(19)6-7-17(16,20)12-18/h3-5,10,14,19-20H,6-9,11-12H2,1-2H3/t14?,16-,17-/m1/s1. The number of nitrogens with zero attached hydrogens (tertiary/aromatic N) is 1. The Morgan fingerprint density at radius 1 is 1.33 bits per heavy atom. The number of ether oxygens (including phenoxy) is 1. The molecule has 1 heterocycles. The van der Waals surface area contributed by atoms with Crippen LogP contribution in [0.15, 0.2) is 24.3 Å². The number of benzene rings is 1. The Bertz CT molecular complexity index is 521. The van der Waals surface area contributed by atoms with Gasteiger partial charge < -0.3 is 19.8 Å². The van der Waals surface area contributed by atoms with E-state index in [1.165, 1.54) is 0 Å². The molecule has 0 radical (unpaired) electrons. The van der Waals surface area contributed by atoms with Gasteiger partial charge >= 0.3 is 0 Å². The van der Waals surface area contributed by atoms with Crippen LogP contribution in [0.5, 0.6) is 5.75 Å². The van der Waals surface area contributed by atoms with Gasteiger partial charge in [0.25, 0.3) is 0 Å². The number of aliphatic hydroxyl groups is 2. The maximum Gasteiger partial charge on any atom is 0.119 e. The van der Waals surface area contributed by atoms with Gasteiger partial charge in [-0.15, -0.1) is 0 Å². The van der Waals surface area contributed by atoms with E-state index < -0.39 is 5.60 Å². The number of rotatable bonds is 2. The first-order valence-electron chi connectivity index (χ1n) is 7.73. The second kappa shape index (κ2) is 5.27. The van der Waals surface area contributed by atoms with Crippen molar-refractivity contribution in [2.45, 2.75) is 42.8 Å². The van der Waals surface area contributed by atoms with Crippen molar-refractivity contribution < 1.29 is 14.9 Å². The minimum Gasteiger partial charge on any atom is -0.497 e. The van der Waals surface area contributed by atoms with Gasteiger partial charge in [0.15, 0.2) is 0 Å². The molecular weight excluding hydrogens is 266 g/mol. The fourth-order valence-electron chi connectivity index (χ4n) is 4.26. The van der Waals surface area contributed by atoms with E-state index in [4.69, 9.17) is 4.74 Å². The van der Waals surface area contributed by atoms with Crippen LogP contribution < -0.4 is 4.74 Å². The summed E-state index contributed by atoms with van der Waals surface area (Å²) in [6.07, 6.45) is 2.49. The van der Waals surface area contributed by atoms with Crippen LogP contribution in [0, 0.1) is 0 Å². The van der Waals surface area contributed by atoms with Gasteiger partial charge in [-0.25, -0.2) is 0 Å². The summed E-state index contributed by atoms with van der Waals surface area (Å²) in [4.78, 5) is 2.19. The largest absolute Gasteiger partial charge is 0.497 e. The van der Waals surface area contributed by atoms with E-state index in [1.807, 2.05) is 18.2 Å². The first kappa shape index (κ1) is 14.8. The lowest BCUT2D eigenvalue weighted by atomic mass is 9.55. The van der Waals surface area contributed by atoms with Crippen LogP contribution in [-0.4, -0.2) is 54.1 Å². The number of likely N-dealkylation sites (tertiary alicyclic amines) is 1. The first-order valence-corrected chi connectivity index (χ1v) is 7.73. The summed E-state index contributed by atoms with van der Waals surface area (Å²) in [5, 5.41) is 21.6. The lowest BCUT2D eigenvalue weighted by Crippen LogP contribution is -2.65. The summed E-state index contributed by atoms with van der Waals surface area (Å²) in [5.41, 5.74) is -0.0479. The van der Waals surface area contributed by atoms with Gasteiger partial charge in [-0.2, -0.15) is 0 Å². The van der Waals surface area contributed by atoms with Crippen molar-refractivity contribution in [3.8, 4) is 5.75 Å². The number of piperidine rings is 1. The second-order valence-electron chi connectivity index (χ2n) is 6.73. The second-order valence-corrected chi connectivity index (χ2v) is 6.73. The molecule has 2 aliphatic rings. The number of hydrogen-bond acceptors (Lipinski definition) is 4. The summed E-state index contributed by atoms with van der Waals surface area (Å²) < 4.78 is 5.35. The monoisotopic (exact) mass is 291 g/mol. The number of methoxy groups -OCH3 is 1. The van der Waals surface area contributed by atoms with Crippen LogP contribution in [0.4, 0.5) is 0 Å².